The number of ether oxygens (including phenoxy) is 1. The predicted molar refractivity (Wildman–Crippen MR) is 57.0 cm³/mol. The number of carbonyl (C=O) groups excluding carboxylic acids is 2. The fourth-order valence-electron chi connectivity index (χ4n) is 1.05. The SMILES string of the molecule is CCC(=O)COC(=O)c1cc(O)c(O)c(O)c1. The molecule has 0 fully saturated rings. The van der Waals surface area contributed by atoms with Crippen LogP contribution in [0.5, 0.6) is 17.2 Å². The third kappa shape index (κ3) is 3.10. The first-order valence-corrected chi connectivity index (χ1v) is 4.89. The van der Waals surface area contributed by atoms with Gasteiger partial charge in [-0.15, -0.1) is 0 Å². The van der Waals surface area contributed by atoms with Gasteiger partial charge in [0, 0.05) is 6.42 Å². The van der Waals surface area contributed by atoms with E-state index in [2.05, 4.69) is 4.74 Å². The van der Waals surface area contributed by atoms with Crippen molar-refractivity contribution in [2.24, 2.45) is 0 Å². The highest BCUT2D eigenvalue weighted by Crippen LogP contribution is 2.35. The number of Topliss-reactive ketones (excluding diaryl/α,β-unsaturated/α-hetero) is 1. The van der Waals surface area contributed by atoms with E-state index in [-0.39, 0.29) is 24.4 Å². The van der Waals surface area contributed by atoms with Crippen LogP contribution in [0.15, 0.2) is 12.1 Å². The zero-order chi connectivity index (χ0) is 13.0. The highest BCUT2D eigenvalue weighted by molar-refractivity contribution is 5.92. The van der Waals surface area contributed by atoms with Crippen molar-refractivity contribution in [2.45, 2.75) is 13.3 Å². The van der Waals surface area contributed by atoms with E-state index in [1.165, 1.54) is 0 Å². The lowest BCUT2D eigenvalue weighted by molar-refractivity contribution is -0.121. The number of carbonyl (C=O) groups is 2. The second-order valence-corrected chi connectivity index (χ2v) is 3.33. The van der Waals surface area contributed by atoms with Gasteiger partial charge in [-0.2, -0.15) is 0 Å². The van der Waals surface area contributed by atoms with Crippen LogP contribution in [-0.2, 0) is 9.53 Å². The van der Waals surface area contributed by atoms with Crippen molar-refractivity contribution in [1.29, 1.82) is 0 Å². The molecule has 0 radical (unpaired) electrons. The number of hydrogen-bond acceptors (Lipinski definition) is 6. The number of benzene rings is 1. The largest absolute Gasteiger partial charge is 0.504 e. The molecule has 0 aliphatic rings. The normalized spacial score (nSPS) is 9.94. The van der Waals surface area contributed by atoms with Gasteiger partial charge in [-0.05, 0) is 12.1 Å². The fourth-order valence-corrected chi connectivity index (χ4v) is 1.05. The molecule has 1 aromatic rings. The molecule has 0 spiro atoms. The Balaban J connectivity index is 2.80. The lowest BCUT2D eigenvalue weighted by atomic mass is 10.2. The van der Waals surface area contributed by atoms with E-state index in [0.29, 0.717) is 0 Å². The van der Waals surface area contributed by atoms with Crippen molar-refractivity contribution < 1.29 is 29.6 Å². The maximum absolute atomic E-state index is 11.4. The quantitative estimate of drug-likeness (QED) is 0.534. The minimum absolute atomic E-state index is 0.151. The summed E-state index contributed by atoms with van der Waals surface area (Å²) >= 11 is 0. The van der Waals surface area contributed by atoms with Crippen LogP contribution in [0.2, 0.25) is 0 Å². The number of ketones is 1. The van der Waals surface area contributed by atoms with Gasteiger partial charge in [-0.1, -0.05) is 6.92 Å². The smallest absolute Gasteiger partial charge is 0.338 e. The molecule has 0 amide bonds. The minimum Gasteiger partial charge on any atom is -0.504 e. The van der Waals surface area contributed by atoms with Crippen molar-refractivity contribution in [3.8, 4) is 17.2 Å². The second kappa shape index (κ2) is 5.20. The molecule has 0 heterocycles. The van der Waals surface area contributed by atoms with Crippen LogP contribution >= 0.6 is 0 Å². The number of hydrogen-bond donors (Lipinski definition) is 3. The molecule has 1 rings (SSSR count). The van der Waals surface area contributed by atoms with Crippen molar-refractivity contribution in [3.05, 3.63) is 17.7 Å². The molecule has 1 aromatic carbocycles. The summed E-state index contributed by atoms with van der Waals surface area (Å²) in [5.41, 5.74) is -0.151. The molecule has 0 unspecified atom stereocenters. The second-order valence-electron chi connectivity index (χ2n) is 3.33. The highest BCUT2D eigenvalue weighted by Gasteiger charge is 2.15. The van der Waals surface area contributed by atoms with Crippen molar-refractivity contribution in [1.82, 2.24) is 0 Å². The van der Waals surface area contributed by atoms with Gasteiger partial charge in [0.25, 0.3) is 0 Å². The molecule has 0 bridgehead atoms. The average molecular weight is 240 g/mol. The topological polar surface area (TPSA) is 104 Å². The summed E-state index contributed by atoms with van der Waals surface area (Å²) < 4.78 is 4.64. The maximum atomic E-state index is 11.4. The van der Waals surface area contributed by atoms with E-state index in [4.69, 9.17) is 15.3 Å². The lowest BCUT2D eigenvalue weighted by Gasteiger charge is -2.06. The molecule has 0 aliphatic heterocycles. The number of rotatable bonds is 4. The van der Waals surface area contributed by atoms with Gasteiger partial charge in [-0.25, -0.2) is 4.79 Å². The molecule has 3 N–H and O–H groups in total. The van der Waals surface area contributed by atoms with Crippen molar-refractivity contribution >= 4 is 11.8 Å². The van der Waals surface area contributed by atoms with Gasteiger partial charge in [0.1, 0.15) is 6.61 Å². The first-order valence-electron chi connectivity index (χ1n) is 4.89. The number of aromatic hydroxyl groups is 3. The molecule has 0 atom stereocenters. The standard InChI is InChI=1S/C11H12O6/c1-2-7(12)5-17-11(16)6-3-8(13)10(15)9(14)4-6/h3-4,13-15H,2,5H2,1H3. The van der Waals surface area contributed by atoms with E-state index < -0.39 is 23.2 Å². The summed E-state index contributed by atoms with van der Waals surface area (Å²) in [4.78, 5) is 22.3. The summed E-state index contributed by atoms with van der Waals surface area (Å²) in [7, 11) is 0. The van der Waals surface area contributed by atoms with Crippen LogP contribution in [0, 0.1) is 0 Å². The Bertz CT molecular complexity index is 428. The van der Waals surface area contributed by atoms with E-state index in [0.717, 1.165) is 12.1 Å². The molecule has 0 saturated heterocycles. The molecular weight excluding hydrogens is 228 g/mol. The van der Waals surface area contributed by atoms with Gasteiger partial charge in [0.15, 0.2) is 23.0 Å². The van der Waals surface area contributed by atoms with Crippen LogP contribution in [0.1, 0.15) is 23.7 Å². The van der Waals surface area contributed by atoms with Crippen molar-refractivity contribution in [2.75, 3.05) is 6.61 Å². The van der Waals surface area contributed by atoms with Crippen LogP contribution in [0.25, 0.3) is 0 Å². The third-order valence-corrected chi connectivity index (χ3v) is 2.06. The molecule has 0 aliphatic carbocycles. The Morgan fingerprint density at radius 1 is 1.18 bits per heavy atom. The molecule has 0 aromatic heterocycles. The van der Waals surface area contributed by atoms with Gasteiger partial charge < -0.3 is 20.1 Å². The number of phenolic OH excluding ortho intramolecular Hbond substituents is 3. The number of phenols is 3. The summed E-state index contributed by atoms with van der Waals surface area (Å²) in [6, 6.07) is 1.88. The summed E-state index contributed by atoms with van der Waals surface area (Å²) in [5, 5.41) is 27.4. The number of esters is 1. The Morgan fingerprint density at radius 2 is 1.71 bits per heavy atom. The van der Waals surface area contributed by atoms with Gasteiger partial charge in [0.2, 0.25) is 0 Å². The molecular formula is C11H12O6. The van der Waals surface area contributed by atoms with Crippen molar-refractivity contribution in [3.63, 3.8) is 0 Å². The Hall–Kier alpha value is -2.24. The van der Waals surface area contributed by atoms with E-state index in [9.17, 15) is 9.59 Å². The summed E-state index contributed by atoms with van der Waals surface area (Å²) in [5.74, 6) is -3.10. The molecule has 17 heavy (non-hydrogen) atoms. The molecule has 92 valence electrons. The van der Waals surface area contributed by atoms with Crippen LogP contribution in [0.3, 0.4) is 0 Å². The maximum Gasteiger partial charge on any atom is 0.338 e. The molecule has 6 nitrogen and oxygen atoms in total. The average Bonchev–Trinajstić information content (AvgIpc) is 2.31. The third-order valence-electron chi connectivity index (χ3n) is 2.06. The van der Waals surface area contributed by atoms with Gasteiger partial charge in [0.05, 0.1) is 5.56 Å². The highest BCUT2D eigenvalue weighted by atomic mass is 16.5. The Morgan fingerprint density at radius 3 is 2.18 bits per heavy atom. The van der Waals surface area contributed by atoms with E-state index in [1.807, 2.05) is 0 Å². The van der Waals surface area contributed by atoms with E-state index in [1.54, 1.807) is 6.92 Å². The van der Waals surface area contributed by atoms with Crippen LogP contribution < -0.4 is 0 Å². The zero-order valence-corrected chi connectivity index (χ0v) is 9.14. The first-order chi connectivity index (χ1) is 7.95. The molecule has 0 saturated carbocycles. The predicted octanol–water partition coefficient (Wildman–Crippen LogP) is 0.939. The monoisotopic (exact) mass is 240 g/mol. The first kappa shape index (κ1) is 12.8. The fraction of sp³-hybridized carbons (Fsp3) is 0.273. The zero-order valence-electron chi connectivity index (χ0n) is 9.14. The Labute approximate surface area is 97.1 Å². The lowest BCUT2D eigenvalue weighted by Crippen LogP contribution is -2.13. The molecule has 6 heteroatoms. The van der Waals surface area contributed by atoms with Crippen LogP contribution in [-0.4, -0.2) is 33.7 Å². The van der Waals surface area contributed by atoms with Gasteiger partial charge in [-0.3, -0.25) is 4.79 Å². The Kier molecular flexibility index (Phi) is 3.92. The minimum atomic E-state index is -0.864. The summed E-state index contributed by atoms with van der Waals surface area (Å²) in [6.45, 7) is 1.27. The summed E-state index contributed by atoms with van der Waals surface area (Å²) in [6.07, 6.45) is 0.249. The van der Waals surface area contributed by atoms with E-state index >= 15 is 0 Å². The van der Waals surface area contributed by atoms with Crippen LogP contribution in [0.4, 0.5) is 0 Å². The van der Waals surface area contributed by atoms with Gasteiger partial charge >= 0.3 is 5.97 Å².